The van der Waals surface area contributed by atoms with Gasteiger partial charge < -0.3 is 15.4 Å². The molecule has 4 heterocycles. The van der Waals surface area contributed by atoms with Crippen LogP contribution in [0, 0.1) is 23.2 Å². The molecule has 0 aliphatic carbocycles. The van der Waals surface area contributed by atoms with Crippen LogP contribution in [0.1, 0.15) is 31.2 Å². The molecule has 4 fully saturated rings. The van der Waals surface area contributed by atoms with Crippen LogP contribution in [0.15, 0.2) is 24.3 Å². The number of piperidine rings is 3. The Bertz CT molecular complexity index is 779. The normalized spacial score (nSPS) is 30.7. The first-order chi connectivity index (χ1) is 14.7. The third-order valence-electron chi connectivity index (χ3n) is 7.09. The molecule has 4 saturated heterocycles. The summed E-state index contributed by atoms with van der Waals surface area (Å²) in [6.45, 7) is 6.18. The van der Waals surface area contributed by atoms with Gasteiger partial charge >= 0.3 is 6.03 Å². The Morgan fingerprint density at radius 3 is 2.97 bits per heavy atom. The molecule has 5 atom stereocenters. The molecule has 1 aromatic carbocycles. The summed E-state index contributed by atoms with van der Waals surface area (Å²) < 4.78 is 5.42. The van der Waals surface area contributed by atoms with Crippen molar-refractivity contribution in [3.05, 3.63) is 29.8 Å². The van der Waals surface area contributed by atoms with Gasteiger partial charge in [0, 0.05) is 44.5 Å². The fraction of sp³-hybridized carbons (Fsp3) is 0.652. The van der Waals surface area contributed by atoms with E-state index in [4.69, 9.17) is 10.00 Å². The standard InChI is InChI=1S/C23H33N5O2/c1-30-16-21-6-3-8-27(21)14-19-15-28-9-7-18(19)11-22(28)13-25-23(29)26-20-5-2-4-17(10-20)12-24/h2,4-5,10,18-19,21-22H,3,6-9,11,13-16H2,1H3,(H2,25,26,29)/t18-,19+,21-,22+/m0/s1. The first-order valence-corrected chi connectivity index (χ1v) is 11.2. The summed E-state index contributed by atoms with van der Waals surface area (Å²) in [6, 6.07) is 9.88. The number of ether oxygens (including phenoxy) is 1. The van der Waals surface area contributed by atoms with E-state index in [1.165, 1.54) is 32.4 Å². The Hall–Kier alpha value is -2.14. The van der Waals surface area contributed by atoms with E-state index in [0.29, 0.717) is 29.9 Å². The second kappa shape index (κ2) is 9.78. The molecular weight excluding hydrogens is 378 g/mol. The van der Waals surface area contributed by atoms with E-state index in [2.05, 4.69) is 26.5 Å². The third-order valence-corrected chi connectivity index (χ3v) is 7.09. The van der Waals surface area contributed by atoms with Crippen LogP contribution in [0.4, 0.5) is 10.5 Å². The highest BCUT2D eigenvalue weighted by Crippen LogP contribution is 2.37. The quantitative estimate of drug-likeness (QED) is 0.721. The molecule has 7 heteroatoms. The second-order valence-electron chi connectivity index (χ2n) is 8.97. The fourth-order valence-electron chi connectivity index (χ4n) is 5.54. The molecule has 1 aromatic rings. The van der Waals surface area contributed by atoms with Gasteiger partial charge in [-0.1, -0.05) is 6.07 Å². The minimum atomic E-state index is -0.205. The first kappa shape index (κ1) is 21.1. The summed E-state index contributed by atoms with van der Waals surface area (Å²) in [5.74, 6) is 1.48. The van der Waals surface area contributed by atoms with Crippen molar-refractivity contribution in [2.75, 3.05) is 51.8 Å². The van der Waals surface area contributed by atoms with Crippen molar-refractivity contribution in [2.45, 2.75) is 37.8 Å². The summed E-state index contributed by atoms with van der Waals surface area (Å²) in [5, 5.41) is 14.9. The molecule has 0 aromatic heterocycles. The summed E-state index contributed by atoms with van der Waals surface area (Å²) in [7, 11) is 1.80. The van der Waals surface area contributed by atoms with Crippen molar-refractivity contribution in [2.24, 2.45) is 11.8 Å². The number of amides is 2. The molecule has 2 N–H and O–H groups in total. The number of carbonyl (C=O) groups excluding carboxylic acids is 1. The van der Waals surface area contributed by atoms with E-state index >= 15 is 0 Å². The predicted molar refractivity (Wildman–Crippen MR) is 116 cm³/mol. The van der Waals surface area contributed by atoms with E-state index < -0.39 is 0 Å². The van der Waals surface area contributed by atoms with Gasteiger partial charge in [0.05, 0.1) is 18.2 Å². The topological polar surface area (TPSA) is 80.6 Å². The highest BCUT2D eigenvalue weighted by molar-refractivity contribution is 5.89. The molecular formula is C23H33N5O2. The van der Waals surface area contributed by atoms with Crippen molar-refractivity contribution in [1.82, 2.24) is 15.1 Å². The number of likely N-dealkylation sites (tertiary alicyclic amines) is 1. The summed E-state index contributed by atoms with van der Waals surface area (Å²) in [4.78, 5) is 17.5. The Labute approximate surface area is 179 Å². The maximum atomic E-state index is 12.3. The van der Waals surface area contributed by atoms with Gasteiger partial charge in [-0.05, 0) is 68.8 Å². The molecule has 4 aliphatic heterocycles. The molecule has 2 amide bonds. The number of methoxy groups -OCH3 is 1. The molecule has 162 valence electrons. The Morgan fingerprint density at radius 1 is 1.30 bits per heavy atom. The maximum absolute atomic E-state index is 12.3. The smallest absolute Gasteiger partial charge is 0.319 e. The summed E-state index contributed by atoms with van der Waals surface area (Å²) in [6.07, 6.45) is 4.98. The van der Waals surface area contributed by atoms with Crippen LogP contribution in [0.25, 0.3) is 0 Å². The monoisotopic (exact) mass is 411 g/mol. The van der Waals surface area contributed by atoms with Gasteiger partial charge in [-0.3, -0.25) is 9.80 Å². The number of urea groups is 1. The van der Waals surface area contributed by atoms with Crippen molar-refractivity contribution in [3.8, 4) is 6.07 Å². The van der Waals surface area contributed by atoms with Gasteiger partial charge in [0.25, 0.3) is 0 Å². The molecule has 1 unspecified atom stereocenters. The van der Waals surface area contributed by atoms with Crippen LogP contribution in [0.3, 0.4) is 0 Å². The largest absolute Gasteiger partial charge is 0.383 e. The maximum Gasteiger partial charge on any atom is 0.319 e. The van der Waals surface area contributed by atoms with E-state index in [1.807, 2.05) is 0 Å². The molecule has 7 nitrogen and oxygen atoms in total. The number of hydrogen-bond acceptors (Lipinski definition) is 5. The highest BCUT2D eigenvalue weighted by atomic mass is 16.5. The lowest BCUT2D eigenvalue weighted by atomic mass is 9.75. The van der Waals surface area contributed by atoms with Crippen LogP contribution in [-0.4, -0.2) is 74.4 Å². The fourth-order valence-corrected chi connectivity index (χ4v) is 5.54. The number of fused-ring (bicyclic) bond motifs is 3. The number of hydrogen-bond donors (Lipinski definition) is 2. The molecule has 0 radical (unpaired) electrons. The van der Waals surface area contributed by atoms with Crippen LogP contribution >= 0.6 is 0 Å². The van der Waals surface area contributed by atoms with Gasteiger partial charge in [0.15, 0.2) is 0 Å². The Balaban J connectivity index is 1.24. The summed E-state index contributed by atoms with van der Waals surface area (Å²) >= 11 is 0. The van der Waals surface area contributed by atoms with Gasteiger partial charge in [-0.15, -0.1) is 0 Å². The number of nitrogens with zero attached hydrogens (tertiary/aromatic N) is 3. The minimum absolute atomic E-state index is 0.205. The van der Waals surface area contributed by atoms with Gasteiger partial charge in [0.1, 0.15) is 0 Å². The number of benzene rings is 1. The van der Waals surface area contributed by atoms with E-state index in [0.717, 1.165) is 38.0 Å². The predicted octanol–water partition coefficient (Wildman–Crippen LogP) is 2.50. The molecule has 0 saturated carbocycles. The molecule has 5 rings (SSSR count). The zero-order chi connectivity index (χ0) is 20.9. The minimum Gasteiger partial charge on any atom is -0.383 e. The van der Waals surface area contributed by atoms with Crippen molar-refractivity contribution in [1.29, 1.82) is 5.26 Å². The van der Waals surface area contributed by atoms with Crippen LogP contribution in [-0.2, 0) is 4.74 Å². The highest BCUT2D eigenvalue weighted by Gasteiger charge is 2.41. The lowest BCUT2D eigenvalue weighted by Gasteiger charge is -2.51. The van der Waals surface area contributed by atoms with Crippen LogP contribution < -0.4 is 10.6 Å². The molecule has 30 heavy (non-hydrogen) atoms. The Kier molecular flexibility index (Phi) is 6.88. The average Bonchev–Trinajstić information content (AvgIpc) is 3.20. The van der Waals surface area contributed by atoms with Crippen molar-refractivity contribution in [3.63, 3.8) is 0 Å². The average molecular weight is 412 g/mol. The van der Waals surface area contributed by atoms with Crippen molar-refractivity contribution >= 4 is 11.7 Å². The van der Waals surface area contributed by atoms with Gasteiger partial charge in [0.2, 0.25) is 0 Å². The van der Waals surface area contributed by atoms with Gasteiger partial charge in [-0.25, -0.2) is 4.79 Å². The lowest BCUT2D eigenvalue weighted by Crippen LogP contribution is -2.59. The van der Waals surface area contributed by atoms with Gasteiger partial charge in [-0.2, -0.15) is 5.26 Å². The molecule has 0 spiro atoms. The number of anilines is 1. The van der Waals surface area contributed by atoms with Crippen LogP contribution in [0.5, 0.6) is 0 Å². The van der Waals surface area contributed by atoms with E-state index in [-0.39, 0.29) is 6.03 Å². The van der Waals surface area contributed by atoms with E-state index in [9.17, 15) is 4.79 Å². The molecule has 4 aliphatic rings. The lowest BCUT2D eigenvalue weighted by molar-refractivity contribution is -0.0162. The van der Waals surface area contributed by atoms with E-state index in [1.54, 1.807) is 31.4 Å². The number of nitriles is 1. The van der Waals surface area contributed by atoms with Crippen molar-refractivity contribution < 1.29 is 9.53 Å². The third kappa shape index (κ3) is 4.94. The van der Waals surface area contributed by atoms with Crippen LogP contribution in [0.2, 0.25) is 0 Å². The molecule has 2 bridgehead atoms. The zero-order valence-corrected chi connectivity index (χ0v) is 17.8. The Morgan fingerprint density at radius 2 is 2.20 bits per heavy atom. The second-order valence-corrected chi connectivity index (χ2v) is 8.97. The zero-order valence-electron chi connectivity index (χ0n) is 17.8. The number of rotatable bonds is 7. The summed E-state index contributed by atoms with van der Waals surface area (Å²) in [5.41, 5.74) is 1.19. The SMILES string of the molecule is COC[C@@H]1CCCN1C[C@@H]1CN2CC[C@H]1C[C@@H]2CNC(=O)Nc1cccc(C#N)c1. The number of nitrogens with one attached hydrogen (secondary N) is 2. The number of carbonyl (C=O) groups is 1. The first-order valence-electron chi connectivity index (χ1n) is 11.2.